The minimum Gasteiger partial charge on any atom is -0.350 e. The van der Waals surface area contributed by atoms with E-state index < -0.39 is 12.1 Å². The third kappa shape index (κ3) is 2.32. The molecule has 11 heavy (non-hydrogen) atoms. The number of nitrogens with zero attached hydrogens (tertiary/aromatic N) is 2. The minimum atomic E-state index is -0.717. The lowest BCUT2D eigenvalue weighted by molar-refractivity contribution is 0.0803. The summed E-state index contributed by atoms with van der Waals surface area (Å²) in [7, 11) is 1.37. The molecule has 4 amide bonds. The fourth-order valence-corrected chi connectivity index (χ4v) is 0.635. The zero-order valence-electron chi connectivity index (χ0n) is 6.57. The lowest BCUT2D eigenvalue weighted by Crippen LogP contribution is -2.51. The van der Waals surface area contributed by atoms with E-state index in [1.54, 1.807) is 6.92 Å². The van der Waals surface area contributed by atoms with E-state index in [0.29, 0.717) is 6.54 Å². The Hall–Kier alpha value is -1.46. The maximum absolute atomic E-state index is 10.6. The average molecular weight is 160 g/mol. The summed E-state index contributed by atoms with van der Waals surface area (Å²) < 4.78 is 0. The molecule has 0 aliphatic carbocycles. The van der Waals surface area contributed by atoms with Gasteiger partial charge in [-0.3, -0.25) is 0 Å². The molecule has 0 aliphatic heterocycles. The zero-order valence-corrected chi connectivity index (χ0v) is 6.57. The molecule has 0 aromatic carbocycles. The summed E-state index contributed by atoms with van der Waals surface area (Å²) in [5.74, 6) is 0. The van der Waals surface area contributed by atoms with E-state index in [2.05, 4.69) is 0 Å². The van der Waals surface area contributed by atoms with Gasteiger partial charge in [0.15, 0.2) is 0 Å². The second-order valence-electron chi connectivity index (χ2n) is 1.92. The zero-order chi connectivity index (χ0) is 9.02. The molecule has 0 radical (unpaired) electrons. The second kappa shape index (κ2) is 3.65. The van der Waals surface area contributed by atoms with Gasteiger partial charge < -0.3 is 11.5 Å². The molecule has 0 aliphatic rings. The van der Waals surface area contributed by atoms with Crippen LogP contribution in [0, 0.1) is 0 Å². The highest BCUT2D eigenvalue weighted by molar-refractivity contribution is 5.78. The highest BCUT2D eigenvalue weighted by Gasteiger charge is 2.15. The smallest absolute Gasteiger partial charge is 0.333 e. The Bertz CT molecular complexity index is 170. The summed E-state index contributed by atoms with van der Waals surface area (Å²) in [5.41, 5.74) is 9.81. The Kier molecular flexibility index (Phi) is 3.16. The molecule has 0 spiro atoms. The molecule has 4 N–H and O–H groups in total. The number of primary amides is 2. The Labute approximate surface area is 64.7 Å². The van der Waals surface area contributed by atoms with Gasteiger partial charge in [-0.15, -0.1) is 0 Å². The van der Waals surface area contributed by atoms with E-state index in [0.717, 1.165) is 10.0 Å². The third-order valence-corrected chi connectivity index (χ3v) is 1.24. The molecule has 0 heterocycles. The second-order valence-corrected chi connectivity index (χ2v) is 1.92. The molecule has 0 rings (SSSR count). The fourth-order valence-electron chi connectivity index (χ4n) is 0.635. The highest BCUT2D eigenvalue weighted by atomic mass is 16.2. The van der Waals surface area contributed by atoms with Crippen molar-refractivity contribution in [1.82, 2.24) is 10.0 Å². The molecular weight excluding hydrogens is 148 g/mol. The third-order valence-electron chi connectivity index (χ3n) is 1.24. The number of amides is 4. The summed E-state index contributed by atoms with van der Waals surface area (Å²) in [6.07, 6.45) is 0. The minimum absolute atomic E-state index is 0.314. The SMILES string of the molecule is CCN(C(N)=O)N(C)C(N)=O. The van der Waals surface area contributed by atoms with Crippen molar-refractivity contribution in [2.24, 2.45) is 11.5 Å². The van der Waals surface area contributed by atoms with Gasteiger partial charge >= 0.3 is 12.1 Å². The lowest BCUT2D eigenvalue weighted by atomic mass is 10.7. The van der Waals surface area contributed by atoms with Crippen molar-refractivity contribution in [2.75, 3.05) is 13.6 Å². The van der Waals surface area contributed by atoms with Gasteiger partial charge in [0, 0.05) is 13.6 Å². The summed E-state index contributed by atoms with van der Waals surface area (Å²) in [6, 6.07) is -1.42. The molecule has 64 valence electrons. The van der Waals surface area contributed by atoms with E-state index in [4.69, 9.17) is 11.5 Å². The Morgan fingerprint density at radius 1 is 1.27 bits per heavy atom. The van der Waals surface area contributed by atoms with Crippen LogP contribution in [0.15, 0.2) is 0 Å². The van der Waals surface area contributed by atoms with Gasteiger partial charge in [-0.1, -0.05) is 0 Å². The number of urea groups is 2. The van der Waals surface area contributed by atoms with Crippen molar-refractivity contribution in [3.05, 3.63) is 0 Å². The van der Waals surface area contributed by atoms with E-state index in [1.807, 2.05) is 0 Å². The standard InChI is InChI=1S/C5H12N4O2/c1-3-9(5(7)11)8(2)4(6)10/h3H2,1-2H3,(H2,6,10)(H2,7,11). The van der Waals surface area contributed by atoms with Crippen molar-refractivity contribution in [1.29, 1.82) is 0 Å². The van der Waals surface area contributed by atoms with Gasteiger partial charge in [0.2, 0.25) is 0 Å². The fraction of sp³-hybridized carbons (Fsp3) is 0.600. The number of carbonyl (C=O) groups excluding carboxylic acids is 2. The van der Waals surface area contributed by atoms with E-state index in [-0.39, 0.29) is 0 Å². The number of rotatable bonds is 1. The van der Waals surface area contributed by atoms with Crippen molar-refractivity contribution in [3.63, 3.8) is 0 Å². The van der Waals surface area contributed by atoms with Crippen molar-refractivity contribution >= 4 is 12.1 Å². The summed E-state index contributed by atoms with van der Waals surface area (Å²) >= 11 is 0. The largest absolute Gasteiger partial charge is 0.350 e. The van der Waals surface area contributed by atoms with Crippen LogP contribution >= 0.6 is 0 Å². The van der Waals surface area contributed by atoms with Crippen molar-refractivity contribution in [2.45, 2.75) is 6.92 Å². The van der Waals surface area contributed by atoms with Crippen LogP contribution in [0.5, 0.6) is 0 Å². The number of hydrogen-bond donors (Lipinski definition) is 2. The molecule has 6 heteroatoms. The van der Waals surface area contributed by atoms with Crippen molar-refractivity contribution < 1.29 is 9.59 Å². The van der Waals surface area contributed by atoms with Crippen LogP contribution in [0.4, 0.5) is 9.59 Å². The maximum atomic E-state index is 10.6. The van der Waals surface area contributed by atoms with Crippen molar-refractivity contribution in [3.8, 4) is 0 Å². The average Bonchev–Trinajstić information content (AvgIpc) is 1.88. The van der Waals surface area contributed by atoms with Crippen LogP contribution < -0.4 is 11.5 Å². The van der Waals surface area contributed by atoms with E-state index in [9.17, 15) is 9.59 Å². The van der Waals surface area contributed by atoms with Crippen LogP contribution in [-0.4, -0.2) is 35.7 Å². The first-order valence-corrected chi connectivity index (χ1v) is 3.10. The Morgan fingerprint density at radius 2 is 1.73 bits per heavy atom. The molecule has 0 fully saturated rings. The number of hydrazine groups is 1. The molecule has 0 unspecified atom stereocenters. The molecule has 6 nitrogen and oxygen atoms in total. The maximum Gasteiger partial charge on any atom is 0.333 e. The summed E-state index contributed by atoms with van der Waals surface area (Å²) in [6.45, 7) is 2.00. The normalized spacial score (nSPS) is 8.91. The van der Waals surface area contributed by atoms with Gasteiger partial charge in [-0.05, 0) is 6.92 Å². The van der Waals surface area contributed by atoms with Crippen LogP contribution in [0.2, 0.25) is 0 Å². The first kappa shape index (κ1) is 9.54. The molecular formula is C5H12N4O2. The molecule has 0 saturated heterocycles. The molecule has 0 saturated carbocycles. The quantitative estimate of drug-likeness (QED) is 0.497. The molecule has 0 bridgehead atoms. The number of hydrogen-bond acceptors (Lipinski definition) is 2. The van der Waals surface area contributed by atoms with Gasteiger partial charge in [-0.2, -0.15) is 0 Å². The van der Waals surface area contributed by atoms with E-state index >= 15 is 0 Å². The monoisotopic (exact) mass is 160 g/mol. The first-order chi connectivity index (χ1) is 5.00. The highest BCUT2D eigenvalue weighted by Crippen LogP contribution is 1.92. The topological polar surface area (TPSA) is 92.7 Å². The lowest BCUT2D eigenvalue weighted by Gasteiger charge is -2.27. The summed E-state index contributed by atoms with van der Waals surface area (Å²) in [5, 5.41) is 1.99. The van der Waals surface area contributed by atoms with Crippen LogP contribution in [-0.2, 0) is 0 Å². The predicted molar refractivity (Wildman–Crippen MR) is 39.3 cm³/mol. The number of nitrogens with two attached hydrogens (primary N) is 2. The van der Waals surface area contributed by atoms with Gasteiger partial charge in [0.05, 0.1) is 0 Å². The summed E-state index contributed by atoms with van der Waals surface area (Å²) in [4.78, 5) is 21.1. The Morgan fingerprint density at radius 3 is 1.82 bits per heavy atom. The molecule has 0 atom stereocenters. The first-order valence-electron chi connectivity index (χ1n) is 3.10. The van der Waals surface area contributed by atoms with Gasteiger partial charge in [0.25, 0.3) is 0 Å². The number of carbonyl (C=O) groups is 2. The van der Waals surface area contributed by atoms with Gasteiger partial charge in [-0.25, -0.2) is 19.6 Å². The van der Waals surface area contributed by atoms with Crippen LogP contribution in [0.25, 0.3) is 0 Å². The molecule has 0 aromatic rings. The van der Waals surface area contributed by atoms with Crippen LogP contribution in [0.3, 0.4) is 0 Å². The predicted octanol–water partition coefficient (Wildman–Crippen LogP) is -0.687. The Balaban J connectivity index is 4.25. The van der Waals surface area contributed by atoms with Gasteiger partial charge in [0.1, 0.15) is 0 Å². The molecule has 0 aromatic heterocycles. The van der Waals surface area contributed by atoms with Crippen LogP contribution in [0.1, 0.15) is 6.92 Å². The van der Waals surface area contributed by atoms with E-state index in [1.165, 1.54) is 7.05 Å².